The van der Waals surface area contributed by atoms with Crippen LogP contribution in [0.15, 0.2) is 17.0 Å². The Balaban J connectivity index is 3.75. The molecule has 0 unspecified atom stereocenters. The van der Waals surface area contributed by atoms with Gasteiger partial charge in [-0.05, 0) is 30.0 Å². The summed E-state index contributed by atoms with van der Waals surface area (Å²) in [5, 5.41) is 0. The Morgan fingerprint density at radius 1 is 1.17 bits per heavy atom. The molecular weight excluding hydrogens is 265 g/mol. The van der Waals surface area contributed by atoms with E-state index in [-0.39, 0.29) is 11.5 Å². The van der Waals surface area contributed by atoms with Crippen molar-refractivity contribution in [1.82, 2.24) is 0 Å². The van der Waals surface area contributed by atoms with Crippen LogP contribution < -0.4 is 0 Å². The van der Waals surface area contributed by atoms with Crippen molar-refractivity contribution in [1.29, 1.82) is 0 Å². The first-order valence-corrected chi connectivity index (χ1v) is 7.26. The average Bonchev–Trinajstić information content (AvgIpc) is 2.12. The summed E-state index contributed by atoms with van der Waals surface area (Å²) in [6, 6.07) is 2.49. The van der Waals surface area contributed by atoms with Gasteiger partial charge in [0.05, 0.1) is 10.5 Å². The lowest BCUT2D eigenvalue weighted by atomic mass is 9.94. The molecule has 0 saturated heterocycles. The van der Waals surface area contributed by atoms with Crippen LogP contribution in [0.5, 0.6) is 0 Å². The largest absolute Gasteiger partial charge is 0.417 e. The average molecular weight is 280 g/mol. The second-order valence-electron chi connectivity index (χ2n) is 4.58. The fraction of sp³-hybridized carbons (Fsp3) is 0.500. The van der Waals surface area contributed by atoms with E-state index in [1.165, 1.54) is 13.0 Å². The van der Waals surface area contributed by atoms with Gasteiger partial charge in [-0.1, -0.05) is 19.9 Å². The third-order valence-electron chi connectivity index (χ3n) is 2.77. The number of sulfone groups is 1. The molecule has 0 N–H and O–H groups in total. The van der Waals surface area contributed by atoms with Crippen LogP contribution in [0.4, 0.5) is 13.2 Å². The summed E-state index contributed by atoms with van der Waals surface area (Å²) in [5.41, 5.74) is -0.550. The maximum Gasteiger partial charge on any atom is 0.417 e. The number of halogens is 3. The molecule has 0 aliphatic rings. The standard InChI is InChI=1S/C12H15F3O2S/c1-7(2)9-5-6-10(18(4,16)17)11(8(9)3)12(13,14)15/h5-7H,1-4H3. The van der Waals surface area contributed by atoms with Gasteiger partial charge in [-0.2, -0.15) is 13.2 Å². The van der Waals surface area contributed by atoms with Crippen LogP contribution in [0.3, 0.4) is 0 Å². The molecule has 0 spiro atoms. The lowest BCUT2D eigenvalue weighted by Gasteiger charge is -2.19. The van der Waals surface area contributed by atoms with E-state index in [1.54, 1.807) is 13.8 Å². The zero-order valence-electron chi connectivity index (χ0n) is 10.6. The predicted molar refractivity (Wildman–Crippen MR) is 63.4 cm³/mol. The van der Waals surface area contributed by atoms with Crippen LogP contribution in [0.1, 0.15) is 36.5 Å². The third kappa shape index (κ3) is 2.85. The molecule has 2 nitrogen and oxygen atoms in total. The van der Waals surface area contributed by atoms with Crippen LogP contribution in [0, 0.1) is 6.92 Å². The van der Waals surface area contributed by atoms with Gasteiger partial charge in [-0.25, -0.2) is 8.42 Å². The van der Waals surface area contributed by atoms with Gasteiger partial charge in [0.15, 0.2) is 9.84 Å². The first kappa shape index (κ1) is 15.0. The molecule has 1 aromatic rings. The summed E-state index contributed by atoms with van der Waals surface area (Å²) < 4.78 is 61.9. The number of hydrogen-bond acceptors (Lipinski definition) is 2. The van der Waals surface area contributed by atoms with E-state index in [0.717, 1.165) is 12.3 Å². The Morgan fingerprint density at radius 2 is 1.67 bits per heavy atom. The van der Waals surface area contributed by atoms with Gasteiger partial charge in [-0.3, -0.25) is 0 Å². The SMILES string of the molecule is Cc1c(C(C)C)ccc(S(C)(=O)=O)c1C(F)(F)F. The Labute approximate surface area is 105 Å². The maximum absolute atomic E-state index is 13.0. The molecule has 18 heavy (non-hydrogen) atoms. The van der Waals surface area contributed by atoms with E-state index < -0.39 is 26.5 Å². The molecule has 0 saturated carbocycles. The van der Waals surface area contributed by atoms with Crippen LogP contribution in [0.2, 0.25) is 0 Å². The fourth-order valence-corrected chi connectivity index (χ4v) is 2.94. The molecule has 0 fully saturated rings. The van der Waals surface area contributed by atoms with E-state index in [2.05, 4.69) is 0 Å². The Bertz CT molecular complexity index is 557. The summed E-state index contributed by atoms with van der Waals surface area (Å²) in [4.78, 5) is -0.656. The van der Waals surface area contributed by atoms with Crippen molar-refractivity contribution in [2.75, 3.05) is 6.26 Å². The first-order chi connectivity index (χ1) is 7.96. The van der Waals surface area contributed by atoms with Crippen molar-refractivity contribution >= 4 is 9.84 Å². The van der Waals surface area contributed by atoms with Gasteiger partial charge < -0.3 is 0 Å². The molecule has 1 rings (SSSR count). The smallest absolute Gasteiger partial charge is 0.224 e. The molecule has 0 atom stereocenters. The highest BCUT2D eigenvalue weighted by atomic mass is 32.2. The van der Waals surface area contributed by atoms with Crippen LogP contribution in [-0.4, -0.2) is 14.7 Å². The van der Waals surface area contributed by atoms with Gasteiger partial charge in [0, 0.05) is 6.26 Å². The normalized spacial score (nSPS) is 13.1. The quantitative estimate of drug-likeness (QED) is 0.830. The molecular formula is C12H15F3O2S. The summed E-state index contributed by atoms with van der Waals surface area (Å²) in [7, 11) is -3.90. The second-order valence-corrected chi connectivity index (χ2v) is 6.56. The van der Waals surface area contributed by atoms with Crippen molar-refractivity contribution in [3.8, 4) is 0 Å². The number of alkyl halides is 3. The third-order valence-corrected chi connectivity index (χ3v) is 3.91. The molecule has 0 bridgehead atoms. The Morgan fingerprint density at radius 3 is 2.00 bits per heavy atom. The van der Waals surface area contributed by atoms with Crippen molar-refractivity contribution in [2.24, 2.45) is 0 Å². The predicted octanol–water partition coefficient (Wildman–Crippen LogP) is 3.54. The van der Waals surface area contributed by atoms with Crippen molar-refractivity contribution < 1.29 is 21.6 Å². The monoisotopic (exact) mass is 280 g/mol. The van der Waals surface area contributed by atoms with Crippen LogP contribution in [-0.2, 0) is 16.0 Å². The number of benzene rings is 1. The molecule has 1 aromatic carbocycles. The van der Waals surface area contributed by atoms with Gasteiger partial charge in [-0.15, -0.1) is 0 Å². The maximum atomic E-state index is 13.0. The number of rotatable bonds is 2. The highest BCUT2D eigenvalue weighted by Crippen LogP contribution is 2.39. The minimum atomic E-state index is -4.67. The molecule has 102 valence electrons. The second kappa shape index (κ2) is 4.57. The van der Waals surface area contributed by atoms with Crippen LogP contribution >= 0.6 is 0 Å². The topological polar surface area (TPSA) is 34.1 Å². The zero-order valence-corrected chi connectivity index (χ0v) is 11.4. The Hall–Kier alpha value is -1.04. The lowest BCUT2D eigenvalue weighted by molar-refractivity contribution is -0.140. The van der Waals surface area contributed by atoms with Gasteiger partial charge in [0.1, 0.15) is 0 Å². The van der Waals surface area contributed by atoms with E-state index in [4.69, 9.17) is 0 Å². The molecule has 0 aromatic heterocycles. The molecule has 0 aliphatic carbocycles. The van der Waals surface area contributed by atoms with Crippen LogP contribution in [0.25, 0.3) is 0 Å². The first-order valence-electron chi connectivity index (χ1n) is 5.37. The van der Waals surface area contributed by atoms with Crippen molar-refractivity contribution in [3.63, 3.8) is 0 Å². The molecule has 0 aliphatic heterocycles. The minimum absolute atomic E-state index is 0.0135. The molecule has 0 heterocycles. The summed E-state index contributed by atoms with van der Waals surface area (Å²) >= 11 is 0. The van der Waals surface area contributed by atoms with Gasteiger partial charge in [0.25, 0.3) is 0 Å². The summed E-state index contributed by atoms with van der Waals surface area (Å²) in [5.74, 6) is -0.0975. The lowest BCUT2D eigenvalue weighted by Crippen LogP contribution is -2.16. The van der Waals surface area contributed by atoms with E-state index in [0.29, 0.717) is 5.56 Å². The molecule has 6 heteroatoms. The Kier molecular flexibility index (Phi) is 3.81. The van der Waals surface area contributed by atoms with E-state index in [1.807, 2.05) is 0 Å². The van der Waals surface area contributed by atoms with E-state index >= 15 is 0 Å². The van der Waals surface area contributed by atoms with E-state index in [9.17, 15) is 21.6 Å². The zero-order chi connectivity index (χ0) is 14.3. The molecule has 0 amide bonds. The fourth-order valence-electron chi connectivity index (χ4n) is 1.99. The van der Waals surface area contributed by atoms with Gasteiger partial charge >= 0.3 is 6.18 Å². The highest BCUT2D eigenvalue weighted by Gasteiger charge is 2.38. The van der Waals surface area contributed by atoms with Crippen molar-refractivity contribution in [3.05, 3.63) is 28.8 Å². The minimum Gasteiger partial charge on any atom is -0.224 e. The molecule has 0 radical (unpaired) electrons. The highest BCUT2D eigenvalue weighted by molar-refractivity contribution is 7.90. The van der Waals surface area contributed by atoms with Crippen molar-refractivity contribution in [2.45, 2.75) is 37.8 Å². The summed E-state index contributed by atoms with van der Waals surface area (Å²) in [6.45, 7) is 4.85. The summed E-state index contributed by atoms with van der Waals surface area (Å²) in [6.07, 6.45) is -3.89. The number of hydrogen-bond donors (Lipinski definition) is 0. The van der Waals surface area contributed by atoms with Gasteiger partial charge in [0.2, 0.25) is 0 Å².